The highest BCUT2D eigenvalue weighted by atomic mass is 32.2. The highest BCUT2D eigenvalue weighted by Crippen LogP contribution is 2.30. The van der Waals surface area contributed by atoms with Crippen molar-refractivity contribution in [3.05, 3.63) is 52.6 Å². The molecule has 0 bridgehead atoms. The molecule has 1 aliphatic rings. The molecule has 2 nitrogen and oxygen atoms in total. The molecule has 0 aromatic heterocycles. The van der Waals surface area contributed by atoms with Crippen LogP contribution in [0.3, 0.4) is 0 Å². The monoisotopic (exact) mass is 369 g/mol. The summed E-state index contributed by atoms with van der Waals surface area (Å²) in [6, 6.07) is 4.90. The summed E-state index contributed by atoms with van der Waals surface area (Å²) in [5, 5.41) is 2.90. The van der Waals surface area contributed by atoms with E-state index in [0.717, 1.165) is 48.3 Å². The van der Waals surface area contributed by atoms with E-state index in [9.17, 15) is 18.0 Å². The van der Waals surface area contributed by atoms with Gasteiger partial charge in [-0.15, -0.1) is 0 Å². The molecule has 0 spiro atoms. The topological polar surface area (TPSA) is 29.1 Å². The van der Waals surface area contributed by atoms with E-state index in [1.165, 1.54) is 12.1 Å². The molecule has 136 valence electrons. The standard InChI is InChI=1S/C19H22F3NOS/c1-3-4-5-17(14-6-8-15(9-7-14)19(20,21)22)23-18(24)16-12-25-11-10-13(16)2/h5-9H,3-4,10-12H2,1-2H3,(H,23,24)/b17-5+. The van der Waals surface area contributed by atoms with Gasteiger partial charge in [-0.1, -0.05) is 37.1 Å². The van der Waals surface area contributed by atoms with Gasteiger partial charge >= 0.3 is 6.18 Å². The molecule has 1 aromatic rings. The Labute approximate surface area is 150 Å². The third-order valence-corrected chi connectivity index (χ3v) is 5.05. The number of unbranched alkanes of at least 4 members (excludes halogenated alkanes) is 1. The van der Waals surface area contributed by atoms with Gasteiger partial charge in [0.05, 0.1) is 5.56 Å². The predicted octanol–water partition coefficient (Wildman–Crippen LogP) is 5.42. The van der Waals surface area contributed by atoms with Crippen LogP contribution in [0.5, 0.6) is 0 Å². The van der Waals surface area contributed by atoms with Gasteiger partial charge in [0.2, 0.25) is 0 Å². The molecule has 0 aliphatic carbocycles. The normalized spacial score (nSPS) is 16.1. The Morgan fingerprint density at radius 3 is 2.52 bits per heavy atom. The smallest absolute Gasteiger partial charge is 0.322 e. The number of nitrogens with one attached hydrogen (secondary N) is 1. The van der Waals surface area contributed by atoms with Crippen molar-refractivity contribution >= 4 is 23.4 Å². The Morgan fingerprint density at radius 1 is 1.28 bits per heavy atom. The molecule has 1 N–H and O–H groups in total. The molecule has 0 saturated heterocycles. The number of carbonyl (C=O) groups excluding carboxylic acids is 1. The summed E-state index contributed by atoms with van der Waals surface area (Å²) >= 11 is 1.72. The Hall–Kier alpha value is -1.69. The number of carbonyl (C=O) groups is 1. The van der Waals surface area contributed by atoms with Gasteiger partial charge < -0.3 is 5.32 Å². The van der Waals surface area contributed by atoms with E-state index in [2.05, 4.69) is 5.32 Å². The van der Waals surface area contributed by atoms with Crippen molar-refractivity contribution in [2.75, 3.05) is 11.5 Å². The molecule has 25 heavy (non-hydrogen) atoms. The number of hydrogen-bond acceptors (Lipinski definition) is 2. The molecule has 0 saturated carbocycles. The summed E-state index contributed by atoms with van der Waals surface area (Å²) in [6.07, 6.45) is 0.0192. The van der Waals surface area contributed by atoms with Gasteiger partial charge in [0.15, 0.2) is 0 Å². The summed E-state index contributed by atoms with van der Waals surface area (Å²) < 4.78 is 38.2. The van der Waals surface area contributed by atoms with E-state index in [4.69, 9.17) is 0 Å². The summed E-state index contributed by atoms with van der Waals surface area (Å²) in [6.45, 7) is 3.97. The minimum absolute atomic E-state index is 0.160. The van der Waals surface area contributed by atoms with Crippen molar-refractivity contribution < 1.29 is 18.0 Å². The minimum Gasteiger partial charge on any atom is -0.322 e. The van der Waals surface area contributed by atoms with Gasteiger partial charge in [0.1, 0.15) is 0 Å². The first-order valence-corrected chi connectivity index (χ1v) is 9.44. The molecule has 6 heteroatoms. The minimum atomic E-state index is -4.36. The number of hydrogen-bond donors (Lipinski definition) is 1. The van der Waals surface area contributed by atoms with E-state index in [1.54, 1.807) is 11.8 Å². The molecular formula is C19H22F3NOS. The number of amides is 1. The van der Waals surface area contributed by atoms with Crippen molar-refractivity contribution in [3.8, 4) is 0 Å². The maximum Gasteiger partial charge on any atom is 0.416 e. The average Bonchev–Trinajstić information content (AvgIpc) is 2.58. The van der Waals surface area contributed by atoms with Crippen LogP contribution in [0.25, 0.3) is 5.70 Å². The third kappa shape index (κ3) is 5.39. The second kappa shape index (κ2) is 8.61. The van der Waals surface area contributed by atoms with Gasteiger partial charge in [-0.3, -0.25) is 4.79 Å². The molecule has 1 amide bonds. The van der Waals surface area contributed by atoms with Crippen molar-refractivity contribution in [1.29, 1.82) is 0 Å². The number of benzene rings is 1. The van der Waals surface area contributed by atoms with Crippen molar-refractivity contribution in [2.24, 2.45) is 0 Å². The number of halogens is 3. The Morgan fingerprint density at radius 2 is 1.96 bits per heavy atom. The predicted molar refractivity (Wildman–Crippen MR) is 97.1 cm³/mol. The molecule has 0 atom stereocenters. The Bertz CT molecular complexity index is 675. The second-order valence-electron chi connectivity index (χ2n) is 6.00. The number of alkyl halides is 3. The number of thioether (sulfide) groups is 1. The molecule has 2 rings (SSSR count). The zero-order valence-corrected chi connectivity index (χ0v) is 15.2. The van der Waals surface area contributed by atoms with Crippen LogP contribution < -0.4 is 5.32 Å². The van der Waals surface area contributed by atoms with Gasteiger partial charge in [0, 0.05) is 17.0 Å². The van der Waals surface area contributed by atoms with Crippen molar-refractivity contribution in [3.63, 3.8) is 0 Å². The molecule has 0 radical (unpaired) electrons. The van der Waals surface area contributed by atoms with E-state index >= 15 is 0 Å². The molecule has 0 fully saturated rings. The molecular weight excluding hydrogens is 347 g/mol. The second-order valence-corrected chi connectivity index (χ2v) is 7.10. The summed E-state index contributed by atoms with van der Waals surface area (Å²) in [5.74, 6) is 1.53. The lowest BCUT2D eigenvalue weighted by Gasteiger charge is -2.18. The van der Waals surface area contributed by atoms with Crippen LogP contribution in [0, 0.1) is 0 Å². The van der Waals surface area contributed by atoms with Gasteiger partial charge in [-0.25, -0.2) is 0 Å². The number of rotatable bonds is 5. The maximum absolute atomic E-state index is 12.7. The van der Waals surface area contributed by atoms with Crippen molar-refractivity contribution in [2.45, 2.75) is 39.3 Å². The average molecular weight is 369 g/mol. The van der Waals surface area contributed by atoms with Gasteiger partial charge in [-0.2, -0.15) is 24.9 Å². The van der Waals surface area contributed by atoms with Crippen LogP contribution >= 0.6 is 11.8 Å². The molecule has 1 aromatic carbocycles. The lowest BCUT2D eigenvalue weighted by Crippen LogP contribution is -2.27. The van der Waals surface area contributed by atoms with E-state index in [1.807, 2.05) is 19.9 Å². The van der Waals surface area contributed by atoms with Gasteiger partial charge in [-0.05, 0) is 43.2 Å². The zero-order valence-electron chi connectivity index (χ0n) is 14.4. The van der Waals surface area contributed by atoms with E-state index in [-0.39, 0.29) is 5.91 Å². The molecule has 1 aliphatic heterocycles. The first kappa shape index (κ1) is 19.6. The highest BCUT2D eigenvalue weighted by molar-refractivity contribution is 7.99. The van der Waals surface area contributed by atoms with Gasteiger partial charge in [0.25, 0.3) is 5.91 Å². The first-order chi connectivity index (χ1) is 11.8. The molecule has 0 unspecified atom stereocenters. The fourth-order valence-electron chi connectivity index (χ4n) is 2.50. The van der Waals surface area contributed by atoms with E-state index in [0.29, 0.717) is 17.0 Å². The summed E-state index contributed by atoms with van der Waals surface area (Å²) in [4.78, 5) is 12.6. The maximum atomic E-state index is 12.7. The van der Waals surface area contributed by atoms with Crippen LogP contribution in [0.1, 0.15) is 44.2 Å². The molecule has 1 heterocycles. The fraction of sp³-hybridized carbons (Fsp3) is 0.421. The lowest BCUT2D eigenvalue weighted by atomic mass is 10.0. The largest absolute Gasteiger partial charge is 0.416 e. The van der Waals surface area contributed by atoms with Crippen molar-refractivity contribution in [1.82, 2.24) is 5.32 Å². The Kier molecular flexibility index (Phi) is 6.76. The van der Waals surface area contributed by atoms with Crippen LogP contribution in [0.15, 0.2) is 41.5 Å². The zero-order chi connectivity index (χ0) is 18.4. The SMILES string of the molecule is CCC/C=C(/NC(=O)C1=C(C)CCSC1)c1ccc(C(F)(F)F)cc1. The highest BCUT2D eigenvalue weighted by Gasteiger charge is 2.30. The number of allylic oxidation sites excluding steroid dienone is 2. The fourth-order valence-corrected chi connectivity index (χ4v) is 3.68. The summed E-state index contributed by atoms with van der Waals surface area (Å²) in [7, 11) is 0. The quantitative estimate of drug-likeness (QED) is 0.751. The Balaban J connectivity index is 2.23. The van der Waals surface area contributed by atoms with Crippen LogP contribution in [0.4, 0.5) is 13.2 Å². The first-order valence-electron chi connectivity index (χ1n) is 8.28. The lowest BCUT2D eigenvalue weighted by molar-refractivity contribution is -0.137. The van der Waals surface area contributed by atoms with E-state index < -0.39 is 11.7 Å². The van der Waals surface area contributed by atoms with Crippen LogP contribution in [-0.4, -0.2) is 17.4 Å². The van der Waals surface area contributed by atoms with Crippen LogP contribution in [0.2, 0.25) is 0 Å². The van der Waals surface area contributed by atoms with Crippen LogP contribution in [-0.2, 0) is 11.0 Å². The summed E-state index contributed by atoms with van der Waals surface area (Å²) in [5.41, 5.74) is 2.30. The third-order valence-electron chi connectivity index (χ3n) is 4.07.